The maximum Gasteiger partial charge on any atom is 0.258 e. The zero-order valence-corrected chi connectivity index (χ0v) is 11.9. The number of hydrogen-bond donors (Lipinski definition) is 2. The minimum atomic E-state index is 0.443. The van der Waals surface area contributed by atoms with Crippen LogP contribution in [0, 0.1) is 0 Å². The van der Waals surface area contributed by atoms with Crippen molar-refractivity contribution in [2.24, 2.45) is 0 Å². The predicted molar refractivity (Wildman–Crippen MR) is 76.9 cm³/mol. The van der Waals surface area contributed by atoms with Crippen LogP contribution in [0.3, 0.4) is 0 Å². The van der Waals surface area contributed by atoms with Gasteiger partial charge in [0, 0.05) is 13.6 Å². The summed E-state index contributed by atoms with van der Waals surface area (Å²) in [5, 5.41) is 10.2. The molecule has 2 rings (SSSR count). The SMILES string of the molecule is CCCCCCNc1nc(NC)nc(-n2cncn2)n1. The first kappa shape index (κ1) is 14.2. The highest BCUT2D eigenvalue weighted by molar-refractivity contribution is 5.37. The topological polar surface area (TPSA) is 93.4 Å². The lowest BCUT2D eigenvalue weighted by atomic mass is 10.2. The molecular weight excluding hydrogens is 256 g/mol. The first-order valence-electron chi connectivity index (χ1n) is 6.86. The lowest BCUT2D eigenvalue weighted by Crippen LogP contribution is -2.12. The van der Waals surface area contributed by atoms with Crippen molar-refractivity contribution in [1.82, 2.24) is 29.7 Å². The maximum atomic E-state index is 4.33. The monoisotopic (exact) mass is 276 g/mol. The van der Waals surface area contributed by atoms with E-state index in [-0.39, 0.29) is 0 Å². The molecule has 2 aromatic rings. The average Bonchev–Trinajstić information content (AvgIpc) is 3.01. The van der Waals surface area contributed by atoms with Crippen LogP contribution in [0.1, 0.15) is 32.6 Å². The van der Waals surface area contributed by atoms with Crippen molar-refractivity contribution >= 4 is 11.9 Å². The van der Waals surface area contributed by atoms with E-state index in [9.17, 15) is 0 Å². The molecule has 0 bridgehead atoms. The van der Waals surface area contributed by atoms with Crippen molar-refractivity contribution in [2.45, 2.75) is 32.6 Å². The van der Waals surface area contributed by atoms with Gasteiger partial charge in [0.15, 0.2) is 0 Å². The van der Waals surface area contributed by atoms with Gasteiger partial charge in [0.1, 0.15) is 12.7 Å². The molecule has 0 spiro atoms. The van der Waals surface area contributed by atoms with Crippen molar-refractivity contribution in [1.29, 1.82) is 0 Å². The normalized spacial score (nSPS) is 10.5. The van der Waals surface area contributed by atoms with Crippen LogP contribution in [-0.4, -0.2) is 43.3 Å². The highest BCUT2D eigenvalue weighted by Gasteiger charge is 2.07. The zero-order chi connectivity index (χ0) is 14.2. The number of aromatic nitrogens is 6. The van der Waals surface area contributed by atoms with Crippen molar-refractivity contribution in [2.75, 3.05) is 24.2 Å². The summed E-state index contributed by atoms with van der Waals surface area (Å²) in [5.74, 6) is 1.49. The van der Waals surface area contributed by atoms with Gasteiger partial charge in [0.05, 0.1) is 0 Å². The van der Waals surface area contributed by atoms with Crippen LogP contribution in [-0.2, 0) is 0 Å². The van der Waals surface area contributed by atoms with Crippen LogP contribution >= 0.6 is 0 Å². The molecule has 108 valence electrons. The Morgan fingerprint density at radius 1 is 1.10 bits per heavy atom. The molecule has 0 atom stereocenters. The molecule has 0 saturated heterocycles. The Kier molecular flexibility index (Phi) is 5.22. The van der Waals surface area contributed by atoms with Gasteiger partial charge in [-0.15, -0.1) is 0 Å². The van der Waals surface area contributed by atoms with Crippen LogP contribution < -0.4 is 10.6 Å². The van der Waals surface area contributed by atoms with Gasteiger partial charge < -0.3 is 10.6 Å². The summed E-state index contributed by atoms with van der Waals surface area (Å²) in [7, 11) is 1.77. The Morgan fingerprint density at radius 3 is 2.65 bits per heavy atom. The Bertz CT molecular complexity index is 510. The van der Waals surface area contributed by atoms with E-state index in [1.54, 1.807) is 13.4 Å². The van der Waals surface area contributed by atoms with Crippen LogP contribution in [0.25, 0.3) is 5.95 Å². The van der Waals surface area contributed by atoms with Gasteiger partial charge in [0.2, 0.25) is 11.9 Å². The smallest absolute Gasteiger partial charge is 0.258 e. The Hall–Kier alpha value is -2.25. The molecule has 8 nitrogen and oxygen atoms in total. The second-order valence-electron chi connectivity index (χ2n) is 4.36. The summed E-state index contributed by atoms with van der Waals surface area (Å²) < 4.78 is 1.50. The molecule has 0 unspecified atom stereocenters. The van der Waals surface area contributed by atoms with E-state index in [1.165, 1.54) is 30.3 Å². The molecule has 2 N–H and O–H groups in total. The number of hydrogen-bond acceptors (Lipinski definition) is 7. The van der Waals surface area contributed by atoms with E-state index in [0.717, 1.165) is 13.0 Å². The van der Waals surface area contributed by atoms with Gasteiger partial charge in [-0.05, 0) is 6.42 Å². The Labute approximate surface area is 118 Å². The molecule has 0 aliphatic heterocycles. The minimum Gasteiger partial charge on any atom is -0.357 e. The third-order valence-corrected chi connectivity index (χ3v) is 2.78. The molecule has 2 heterocycles. The van der Waals surface area contributed by atoms with Gasteiger partial charge >= 0.3 is 0 Å². The van der Waals surface area contributed by atoms with E-state index in [2.05, 4.69) is 42.6 Å². The number of nitrogens with one attached hydrogen (secondary N) is 2. The molecule has 0 aromatic carbocycles. The second kappa shape index (κ2) is 7.37. The lowest BCUT2D eigenvalue weighted by molar-refractivity contribution is 0.682. The van der Waals surface area contributed by atoms with Crippen LogP contribution in [0.4, 0.5) is 11.9 Å². The summed E-state index contributed by atoms with van der Waals surface area (Å²) in [6.45, 7) is 3.05. The molecular formula is C12H20N8. The quantitative estimate of drug-likeness (QED) is 0.705. The van der Waals surface area contributed by atoms with Crippen molar-refractivity contribution in [3.05, 3.63) is 12.7 Å². The molecule has 0 radical (unpaired) electrons. The highest BCUT2D eigenvalue weighted by atomic mass is 15.4. The number of anilines is 2. The van der Waals surface area contributed by atoms with Gasteiger partial charge in [-0.2, -0.15) is 24.7 Å². The summed E-state index contributed by atoms with van der Waals surface area (Å²) in [6, 6.07) is 0. The predicted octanol–water partition coefficient (Wildman–Crippen LogP) is 1.49. The Morgan fingerprint density at radius 2 is 1.95 bits per heavy atom. The summed E-state index contributed by atoms with van der Waals surface area (Å²) in [4.78, 5) is 16.7. The molecule has 0 fully saturated rings. The van der Waals surface area contributed by atoms with Crippen LogP contribution in [0.15, 0.2) is 12.7 Å². The van der Waals surface area contributed by atoms with E-state index in [1.807, 2.05) is 0 Å². The fraction of sp³-hybridized carbons (Fsp3) is 0.583. The molecule has 0 amide bonds. The fourth-order valence-electron chi connectivity index (χ4n) is 1.72. The van der Waals surface area contributed by atoms with Gasteiger partial charge in [-0.1, -0.05) is 26.2 Å². The largest absolute Gasteiger partial charge is 0.357 e. The summed E-state index contributed by atoms with van der Waals surface area (Å²) >= 11 is 0. The fourth-order valence-corrected chi connectivity index (χ4v) is 1.72. The molecule has 0 aliphatic rings. The average molecular weight is 276 g/mol. The minimum absolute atomic E-state index is 0.443. The van der Waals surface area contributed by atoms with Crippen molar-refractivity contribution in [3.8, 4) is 5.95 Å². The number of nitrogens with zero attached hydrogens (tertiary/aromatic N) is 6. The van der Waals surface area contributed by atoms with E-state index < -0.39 is 0 Å². The molecule has 0 aliphatic carbocycles. The first-order valence-corrected chi connectivity index (χ1v) is 6.86. The van der Waals surface area contributed by atoms with Gasteiger partial charge in [-0.3, -0.25) is 0 Å². The second-order valence-corrected chi connectivity index (χ2v) is 4.36. The molecule has 8 heteroatoms. The third-order valence-electron chi connectivity index (χ3n) is 2.78. The number of rotatable bonds is 8. The first-order chi connectivity index (χ1) is 9.83. The van der Waals surface area contributed by atoms with Gasteiger partial charge in [-0.25, -0.2) is 4.98 Å². The Balaban J connectivity index is 2.03. The van der Waals surface area contributed by atoms with Crippen molar-refractivity contribution in [3.63, 3.8) is 0 Å². The van der Waals surface area contributed by atoms with E-state index in [0.29, 0.717) is 17.8 Å². The zero-order valence-electron chi connectivity index (χ0n) is 11.9. The lowest BCUT2D eigenvalue weighted by Gasteiger charge is -2.08. The summed E-state index contributed by atoms with van der Waals surface area (Å²) in [5.41, 5.74) is 0. The molecule has 20 heavy (non-hydrogen) atoms. The van der Waals surface area contributed by atoms with E-state index >= 15 is 0 Å². The maximum absolute atomic E-state index is 4.33. The standard InChI is InChI=1S/C12H20N8/c1-3-4-5-6-7-15-11-17-10(13-2)18-12(19-11)20-9-14-8-16-20/h8-9H,3-7H2,1-2H3,(H2,13,15,17,18,19). The van der Waals surface area contributed by atoms with Gasteiger partial charge in [0.25, 0.3) is 5.95 Å². The summed E-state index contributed by atoms with van der Waals surface area (Å²) in [6.07, 6.45) is 7.80. The van der Waals surface area contributed by atoms with Crippen molar-refractivity contribution < 1.29 is 0 Å². The number of unbranched alkanes of at least 4 members (excludes halogenated alkanes) is 3. The highest BCUT2D eigenvalue weighted by Crippen LogP contribution is 2.08. The third kappa shape index (κ3) is 3.87. The van der Waals surface area contributed by atoms with Crippen LogP contribution in [0.2, 0.25) is 0 Å². The van der Waals surface area contributed by atoms with E-state index in [4.69, 9.17) is 0 Å². The molecule has 0 saturated carbocycles. The van der Waals surface area contributed by atoms with Crippen LogP contribution in [0.5, 0.6) is 0 Å². The molecule has 2 aromatic heterocycles.